The summed E-state index contributed by atoms with van der Waals surface area (Å²) >= 11 is 6.22. The lowest BCUT2D eigenvalue weighted by molar-refractivity contribution is -0.149. The number of esters is 2. The number of rotatable bonds is 13. The second-order valence-corrected chi connectivity index (χ2v) is 14.2. The molecule has 0 aliphatic carbocycles. The summed E-state index contributed by atoms with van der Waals surface area (Å²) < 4.78 is 11.0. The highest BCUT2D eigenvalue weighted by molar-refractivity contribution is 6.30. The van der Waals surface area contributed by atoms with Gasteiger partial charge in [-0.05, 0) is 53.5 Å². The lowest BCUT2D eigenvalue weighted by Gasteiger charge is -2.26. The summed E-state index contributed by atoms with van der Waals surface area (Å²) in [7, 11) is 0. The van der Waals surface area contributed by atoms with Crippen LogP contribution in [0.2, 0.25) is 5.02 Å². The first-order chi connectivity index (χ1) is 21.9. The Kier molecular flexibility index (Phi) is 12.5. The Bertz CT molecular complexity index is 1550. The van der Waals surface area contributed by atoms with Crippen molar-refractivity contribution in [3.63, 3.8) is 0 Å². The molecule has 0 unspecified atom stereocenters. The average molecular weight is 670 g/mol. The largest absolute Gasteiger partial charge is 0.462 e. The van der Waals surface area contributed by atoms with E-state index in [9.17, 15) is 14.4 Å². The number of aryl methyl sites for hydroxylation is 1. The molecule has 7 N–H and O–H groups in total. The number of amides is 1. The van der Waals surface area contributed by atoms with Crippen molar-refractivity contribution in [1.29, 1.82) is 0 Å². The second kappa shape index (κ2) is 15.7. The molecule has 3 rings (SSSR count). The second-order valence-electron chi connectivity index (χ2n) is 13.8. The first kappa shape index (κ1) is 37.5. The van der Waals surface area contributed by atoms with Crippen LogP contribution in [0.1, 0.15) is 82.5 Å². The molecule has 1 amide bonds. The standard InChI is InChI=1S/C34H48ClN7O5/c1-9-23(17-46-30(44)27(36)33(3,4)5)40-32-39-15-19(2)26(42-32)21-14-24(38-16-21)29(43)41-25(20-11-10-12-22(35)13-20)18-47-31(45)28(37)34(6,7)8/h10-16,23,25,27-28,38H,9,17-18,36-37H2,1-8H3,(H,41,43)(H,39,40,42)/t23-,25+,27+,28+/m0/s1. The maximum atomic E-state index is 13.4. The van der Waals surface area contributed by atoms with Gasteiger partial charge in [0.2, 0.25) is 5.95 Å². The highest BCUT2D eigenvalue weighted by atomic mass is 35.5. The molecule has 0 saturated heterocycles. The van der Waals surface area contributed by atoms with Crippen molar-refractivity contribution in [2.45, 2.75) is 86.0 Å². The van der Waals surface area contributed by atoms with Crippen LogP contribution in [-0.2, 0) is 19.1 Å². The first-order valence-corrected chi connectivity index (χ1v) is 16.0. The molecule has 0 aliphatic heterocycles. The number of carbonyl (C=O) groups excluding carboxylic acids is 3. The monoisotopic (exact) mass is 669 g/mol. The van der Waals surface area contributed by atoms with Crippen molar-refractivity contribution in [2.24, 2.45) is 22.3 Å². The lowest BCUT2D eigenvalue weighted by atomic mass is 9.87. The van der Waals surface area contributed by atoms with E-state index in [0.29, 0.717) is 34.2 Å². The maximum Gasteiger partial charge on any atom is 0.323 e. The molecule has 13 heteroatoms. The lowest BCUT2D eigenvalue weighted by Crippen LogP contribution is -2.44. The van der Waals surface area contributed by atoms with E-state index in [0.717, 1.165) is 5.56 Å². The summed E-state index contributed by atoms with van der Waals surface area (Å²) in [5.41, 5.74) is 14.2. The Morgan fingerprint density at radius 2 is 1.60 bits per heavy atom. The topological polar surface area (TPSA) is 187 Å². The fraction of sp³-hybridized carbons (Fsp3) is 0.500. The third-order valence-corrected chi connectivity index (χ3v) is 7.98. The number of anilines is 1. The van der Waals surface area contributed by atoms with Crippen molar-refractivity contribution >= 4 is 35.4 Å². The van der Waals surface area contributed by atoms with Gasteiger partial charge in [0.05, 0.1) is 17.8 Å². The van der Waals surface area contributed by atoms with Gasteiger partial charge < -0.3 is 36.6 Å². The number of nitrogens with zero attached hydrogens (tertiary/aromatic N) is 2. The predicted octanol–water partition coefficient (Wildman–Crippen LogP) is 4.93. The molecule has 0 bridgehead atoms. The normalized spacial score (nSPS) is 14.4. The Balaban J connectivity index is 1.74. The molecule has 12 nitrogen and oxygen atoms in total. The summed E-state index contributed by atoms with van der Waals surface area (Å²) in [6.07, 6.45) is 4.00. The van der Waals surface area contributed by atoms with Crippen LogP contribution in [0.5, 0.6) is 0 Å². The summed E-state index contributed by atoms with van der Waals surface area (Å²) in [5, 5.41) is 6.63. The number of hydrogen-bond acceptors (Lipinski definition) is 10. The Labute approximate surface area is 281 Å². The van der Waals surface area contributed by atoms with Crippen LogP contribution >= 0.6 is 11.6 Å². The van der Waals surface area contributed by atoms with Gasteiger partial charge in [0, 0.05) is 23.0 Å². The molecule has 47 heavy (non-hydrogen) atoms. The van der Waals surface area contributed by atoms with E-state index in [1.54, 1.807) is 42.7 Å². The van der Waals surface area contributed by atoms with Crippen molar-refractivity contribution in [1.82, 2.24) is 20.3 Å². The minimum Gasteiger partial charge on any atom is -0.462 e. The van der Waals surface area contributed by atoms with Crippen molar-refractivity contribution in [3.05, 3.63) is 64.6 Å². The van der Waals surface area contributed by atoms with Crippen LogP contribution in [-0.4, -0.2) is 64.1 Å². The third kappa shape index (κ3) is 10.5. The fourth-order valence-corrected chi connectivity index (χ4v) is 4.52. The zero-order chi connectivity index (χ0) is 35.1. The van der Waals surface area contributed by atoms with Gasteiger partial charge in [-0.25, -0.2) is 9.97 Å². The number of carbonyl (C=O) groups is 3. The minimum atomic E-state index is -0.839. The Morgan fingerprint density at radius 3 is 2.17 bits per heavy atom. The molecular formula is C34H48ClN7O5. The molecule has 3 aromatic rings. The van der Waals surface area contributed by atoms with E-state index in [1.807, 2.05) is 55.4 Å². The van der Waals surface area contributed by atoms with E-state index in [1.165, 1.54) is 0 Å². The van der Waals surface area contributed by atoms with Crippen molar-refractivity contribution in [2.75, 3.05) is 18.5 Å². The number of nitrogens with two attached hydrogens (primary N) is 2. The molecule has 4 atom stereocenters. The number of hydrogen-bond donors (Lipinski definition) is 5. The van der Waals surface area contributed by atoms with E-state index in [2.05, 4.69) is 25.6 Å². The van der Waals surface area contributed by atoms with Gasteiger partial charge in [0.15, 0.2) is 0 Å². The molecule has 0 spiro atoms. The molecule has 0 aliphatic rings. The van der Waals surface area contributed by atoms with Crippen LogP contribution in [0.3, 0.4) is 0 Å². The summed E-state index contributed by atoms with van der Waals surface area (Å²) in [6, 6.07) is 6.11. The molecule has 1 aromatic carbocycles. The molecular weight excluding hydrogens is 622 g/mol. The highest BCUT2D eigenvalue weighted by Crippen LogP contribution is 2.25. The van der Waals surface area contributed by atoms with E-state index >= 15 is 0 Å². The first-order valence-electron chi connectivity index (χ1n) is 15.6. The number of H-pyrrole nitrogens is 1. The summed E-state index contributed by atoms with van der Waals surface area (Å²) in [4.78, 5) is 50.6. The van der Waals surface area contributed by atoms with Crippen molar-refractivity contribution < 1.29 is 23.9 Å². The number of benzene rings is 1. The van der Waals surface area contributed by atoms with Gasteiger partial charge in [0.1, 0.15) is 31.0 Å². The van der Waals surface area contributed by atoms with Gasteiger partial charge in [-0.2, -0.15) is 0 Å². The summed E-state index contributed by atoms with van der Waals surface area (Å²) in [6.45, 7) is 15.0. The quantitative estimate of drug-likeness (QED) is 0.156. The molecule has 0 radical (unpaired) electrons. The number of aromatic nitrogens is 3. The summed E-state index contributed by atoms with van der Waals surface area (Å²) in [5.74, 6) is -1.12. The highest BCUT2D eigenvalue weighted by Gasteiger charge is 2.31. The smallest absolute Gasteiger partial charge is 0.323 e. The van der Waals surface area contributed by atoms with Crippen molar-refractivity contribution in [3.8, 4) is 11.3 Å². The average Bonchev–Trinajstić information content (AvgIpc) is 3.50. The Morgan fingerprint density at radius 1 is 0.979 bits per heavy atom. The van der Waals surface area contributed by atoms with Crippen LogP contribution in [0.25, 0.3) is 11.3 Å². The third-order valence-electron chi connectivity index (χ3n) is 7.75. The Hall–Kier alpha value is -4.00. The number of halogens is 1. The van der Waals surface area contributed by atoms with Gasteiger partial charge in [-0.3, -0.25) is 14.4 Å². The van der Waals surface area contributed by atoms with Crippen LogP contribution in [0.15, 0.2) is 42.7 Å². The zero-order valence-corrected chi connectivity index (χ0v) is 29.2. The molecule has 2 heterocycles. The SMILES string of the molecule is CC[C@@H](COC(=O)[C@@H](N)C(C)(C)C)Nc1ncc(C)c(-c2c[nH]c(C(=O)N[C@H](COC(=O)[C@@H](N)C(C)(C)C)c3cccc(Cl)c3)c2)n1. The number of ether oxygens (including phenoxy) is 2. The molecule has 256 valence electrons. The van der Waals surface area contributed by atoms with E-state index in [-0.39, 0.29) is 24.9 Å². The molecule has 0 saturated carbocycles. The van der Waals surface area contributed by atoms with E-state index < -0.39 is 46.8 Å². The van der Waals surface area contributed by atoms with Crippen LogP contribution < -0.4 is 22.1 Å². The molecule has 2 aromatic heterocycles. The predicted molar refractivity (Wildman–Crippen MR) is 183 cm³/mol. The van der Waals surface area contributed by atoms with Gasteiger partial charge in [-0.1, -0.05) is 72.2 Å². The van der Waals surface area contributed by atoms with E-state index in [4.69, 9.17) is 32.5 Å². The molecule has 0 fully saturated rings. The fourth-order valence-electron chi connectivity index (χ4n) is 4.33. The minimum absolute atomic E-state index is 0.103. The van der Waals surface area contributed by atoms with Gasteiger partial charge >= 0.3 is 11.9 Å². The van der Waals surface area contributed by atoms with Crippen LogP contribution in [0.4, 0.5) is 5.95 Å². The maximum absolute atomic E-state index is 13.4. The number of aromatic amines is 1. The zero-order valence-electron chi connectivity index (χ0n) is 28.4. The van der Waals surface area contributed by atoms with Gasteiger partial charge in [0.25, 0.3) is 5.91 Å². The van der Waals surface area contributed by atoms with Gasteiger partial charge in [-0.15, -0.1) is 0 Å². The number of nitrogens with one attached hydrogen (secondary N) is 3. The van der Waals surface area contributed by atoms with Crippen LogP contribution in [0, 0.1) is 17.8 Å².